The normalized spacial score (nSPS) is 35.1. The van der Waals surface area contributed by atoms with Crippen molar-refractivity contribution in [1.82, 2.24) is 4.90 Å². The van der Waals surface area contributed by atoms with Gasteiger partial charge >= 0.3 is 0 Å². The SMILES string of the molecule is CC1(C)CCCC1N1CCOCC1. The third-order valence-corrected chi connectivity index (χ3v) is 3.69. The Morgan fingerprint density at radius 2 is 1.92 bits per heavy atom. The molecular formula is C11H21NO. The van der Waals surface area contributed by atoms with Gasteiger partial charge in [0, 0.05) is 19.1 Å². The first-order chi connectivity index (χ1) is 6.20. The highest BCUT2D eigenvalue weighted by Crippen LogP contribution is 2.40. The highest BCUT2D eigenvalue weighted by atomic mass is 16.5. The summed E-state index contributed by atoms with van der Waals surface area (Å²) < 4.78 is 5.39. The summed E-state index contributed by atoms with van der Waals surface area (Å²) in [6, 6.07) is 0.816. The summed E-state index contributed by atoms with van der Waals surface area (Å²) >= 11 is 0. The molecule has 1 heterocycles. The van der Waals surface area contributed by atoms with Crippen molar-refractivity contribution in [3.63, 3.8) is 0 Å². The van der Waals surface area contributed by atoms with E-state index in [9.17, 15) is 0 Å². The van der Waals surface area contributed by atoms with E-state index in [0.29, 0.717) is 5.41 Å². The minimum atomic E-state index is 0.539. The molecular weight excluding hydrogens is 162 g/mol. The Balaban J connectivity index is 1.98. The van der Waals surface area contributed by atoms with Crippen molar-refractivity contribution in [3.8, 4) is 0 Å². The van der Waals surface area contributed by atoms with Crippen LogP contribution in [0.5, 0.6) is 0 Å². The van der Waals surface area contributed by atoms with Gasteiger partial charge in [-0.25, -0.2) is 0 Å². The van der Waals surface area contributed by atoms with E-state index in [2.05, 4.69) is 18.7 Å². The van der Waals surface area contributed by atoms with Crippen molar-refractivity contribution in [2.75, 3.05) is 26.3 Å². The quantitative estimate of drug-likeness (QED) is 0.615. The fourth-order valence-electron chi connectivity index (χ4n) is 2.87. The fraction of sp³-hybridized carbons (Fsp3) is 1.00. The zero-order valence-corrected chi connectivity index (χ0v) is 8.88. The summed E-state index contributed by atoms with van der Waals surface area (Å²) in [4.78, 5) is 2.64. The predicted molar refractivity (Wildman–Crippen MR) is 53.8 cm³/mol. The molecule has 2 aliphatic rings. The second-order valence-corrected chi connectivity index (χ2v) is 5.04. The lowest BCUT2D eigenvalue weighted by Gasteiger charge is -2.39. The van der Waals surface area contributed by atoms with Crippen LogP contribution in [-0.2, 0) is 4.74 Å². The first-order valence-corrected chi connectivity index (χ1v) is 5.52. The van der Waals surface area contributed by atoms with E-state index in [-0.39, 0.29) is 0 Å². The minimum absolute atomic E-state index is 0.539. The molecule has 1 aliphatic heterocycles. The van der Waals surface area contributed by atoms with Crippen LogP contribution in [-0.4, -0.2) is 37.2 Å². The van der Waals surface area contributed by atoms with Crippen LogP contribution in [0.3, 0.4) is 0 Å². The molecule has 1 aliphatic carbocycles. The van der Waals surface area contributed by atoms with Crippen LogP contribution < -0.4 is 0 Å². The van der Waals surface area contributed by atoms with E-state index < -0.39 is 0 Å². The number of ether oxygens (including phenoxy) is 1. The van der Waals surface area contributed by atoms with E-state index in [0.717, 1.165) is 32.3 Å². The van der Waals surface area contributed by atoms with Crippen LogP contribution in [0.15, 0.2) is 0 Å². The summed E-state index contributed by atoms with van der Waals surface area (Å²) in [5.74, 6) is 0. The zero-order chi connectivity index (χ0) is 9.31. The van der Waals surface area contributed by atoms with Crippen molar-refractivity contribution in [1.29, 1.82) is 0 Å². The minimum Gasteiger partial charge on any atom is -0.379 e. The van der Waals surface area contributed by atoms with Crippen LogP contribution in [0, 0.1) is 5.41 Å². The van der Waals surface area contributed by atoms with Gasteiger partial charge in [0.1, 0.15) is 0 Å². The molecule has 2 fully saturated rings. The Kier molecular flexibility index (Phi) is 2.61. The maximum atomic E-state index is 5.39. The molecule has 76 valence electrons. The second kappa shape index (κ2) is 3.58. The molecule has 2 heteroatoms. The molecule has 0 N–H and O–H groups in total. The summed E-state index contributed by atoms with van der Waals surface area (Å²) in [6.07, 6.45) is 4.21. The van der Waals surface area contributed by atoms with Crippen molar-refractivity contribution < 1.29 is 4.74 Å². The molecule has 0 spiro atoms. The molecule has 0 aromatic heterocycles. The number of rotatable bonds is 1. The fourth-order valence-corrected chi connectivity index (χ4v) is 2.87. The molecule has 1 saturated heterocycles. The van der Waals surface area contributed by atoms with Gasteiger partial charge in [-0.2, -0.15) is 0 Å². The van der Waals surface area contributed by atoms with Gasteiger partial charge in [-0.3, -0.25) is 4.90 Å². The van der Waals surface area contributed by atoms with Gasteiger partial charge in [0.2, 0.25) is 0 Å². The van der Waals surface area contributed by atoms with Crippen LogP contribution in [0.2, 0.25) is 0 Å². The number of morpholine rings is 1. The van der Waals surface area contributed by atoms with Crippen LogP contribution in [0.4, 0.5) is 0 Å². The van der Waals surface area contributed by atoms with Crippen molar-refractivity contribution in [2.45, 2.75) is 39.2 Å². The molecule has 13 heavy (non-hydrogen) atoms. The predicted octanol–water partition coefficient (Wildman–Crippen LogP) is 1.90. The average Bonchev–Trinajstić information content (AvgIpc) is 2.47. The maximum Gasteiger partial charge on any atom is 0.0594 e. The molecule has 0 aromatic carbocycles. The molecule has 1 unspecified atom stereocenters. The maximum absolute atomic E-state index is 5.39. The van der Waals surface area contributed by atoms with Gasteiger partial charge in [0.25, 0.3) is 0 Å². The topological polar surface area (TPSA) is 12.5 Å². The molecule has 0 radical (unpaired) electrons. The number of nitrogens with zero attached hydrogens (tertiary/aromatic N) is 1. The van der Waals surface area contributed by atoms with Crippen LogP contribution in [0.1, 0.15) is 33.1 Å². The second-order valence-electron chi connectivity index (χ2n) is 5.04. The molecule has 0 aromatic rings. The largest absolute Gasteiger partial charge is 0.379 e. The smallest absolute Gasteiger partial charge is 0.0594 e. The van der Waals surface area contributed by atoms with Crippen molar-refractivity contribution in [2.24, 2.45) is 5.41 Å². The molecule has 1 saturated carbocycles. The van der Waals surface area contributed by atoms with Crippen molar-refractivity contribution >= 4 is 0 Å². The van der Waals surface area contributed by atoms with Gasteiger partial charge in [-0.1, -0.05) is 20.3 Å². The standard InChI is InChI=1S/C11H21NO/c1-11(2)5-3-4-10(11)12-6-8-13-9-7-12/h10H,3-9H2,1-2H3. The molecule has 1 atom stereocenters. The Morgan fingerprint density at radius 3 is 2.46 bits per heavy atom. The molecule has 2 nitrogen and oxygen atoms in total. The number of hydrogen-bond acceptors (Lipinski definition) is 2. The average molecular weight is 183 g/mol. The molecule has 0 bridgehead atoms. The molecule has 2 rings (SSSR count). The highest BCUT2D eigenvalue weighted by Gasteiger charge is 2.38. The molecule has 0 amide bonds. The van der Waals surface area contributed by atoms with E-state index in [1.54, 1.807) is 0 Å². The van der Waals surface area contributed by atoms with Crippen LogP contribution >= 0.6 is 0 Å². The van der Waals surface area contributed by atoms with Gasteiger partial charge in [0.15, 0.2) is 0 Å². The first-order valence-electron chi connectivity index (χ1n) is 5.52. The summed E-state index contributed by atoms with van der Waals surface area (Å²) in [6.45, 7) is 9.00. The van der Waals surface area contributed by atoms with Gasteiger partial charge in [-0.15, -0.1) is 0 Å². The highest BCUT2D eigenvalue weighted by molar-refractivity contribution is 4.92. The van der Waals surface area contributed by atoms with E-state index in [1.807, 2.05) is 0 Å². The summed E-state index contributed by atoms with van der Waals surface area (Å²) in [5, 5.41) is 0. The van der Waals surface area contributed by atoms with Crippen molar-refractivity contribution in [3.05, 3.63) is 0 Å². The van der Waals surface area contributed by atoms with Gasteiger partial charge in [-0.05, 0) is 18.3 Å². The lowest BCUT2D eigenvalue weighted by molar-refractivity contribution is -0.00482. The Morgan fingerprint density at radius 1 is 1.23 bits per heavy atom. The Hall–Kier alpha value is -0.0800. The zero-order valence-electron chi connectivity index (χ0n) is 8.88. The summed E-state index contributed by atoms with van der Waals surface area (Å²) in [5.41, 5.74) is 0.539. The summed E-state index contributed by atoms with van der Waals surface area (Å²) in [7, 11) is 0. The number of hydrogen-bond donors (Lipinski definition) is 0. The Labute approximate surface area is 81.3 Å². The van der Waals surface area contributed by atoms with Gasteiger partial charge < -0.3 is 4.74 Å². The van der Waals surface area contributed by atoms with E-state index in [1.165, 1.54) is 19.3 Å². The van der Waals surface area contributed by atoms with E-state index >= 15 is 0 Å². The van der Waals surface area contributed by atoms with Crippen LogP contribution in [0.25, 0.3) is 0 Å². The van der Waals surface area contributed by atoms with Gasteiger partial charge in [0.05, 0.1) is 13.2 Å². The third-order valence-electron chi connectivity index (χ3n) is 3.69. The lowest BCUT2D eigenvalue weighted by atomic mass is 9.86. The monoisotopic (exact) mass is 183 g/mol. The first kappa shape index (κ1) is 9.47. The van der Waals surface area contributed by atoms with E-state index in [4.69, 9.17) is 4.74 Å². The third kappa shape index (κ3) is 1.89. The lowest BCUT2D eigenvalue weighted by Crippen LogP contribution is -2.47. The Bertz CT molecular complexity index is 173.